The molecule has 0 aliphatic carbocycles. The monoisotopic (exact) mass is 200 g/mol. The van der Waals surface area contributed by atoms with Crippen molar-refractivity contribution >= 4 is 11.9 Å². The molecule has 0 bridgehead atoms. The molecule has 80 valence electrons. The maximum absolute atomic E-state index is 10.4. The number of aliphatic carboxylic acids is 2. The van der Waals surface area contributed by atoms with E-state index < -0.39 is 23.8 Å². The van der Waals surface area contributed by atoms with Gasteiger partial charge in [-0.05, 0) is 12.8 Å². The van der Waals surface area contributed by atoms with Crippen LogP contribution in [-0.4, -0.2) is 22.2 Å². The summed E-state index contributed by atoms with van der Waals surface area (Å²) in [5.41, 5.74) is 0. The lowest BCUT2D eigenvalue weighted by Gasteiger charge is -2.02. The molecule has 0 heterocycles. The molecule has 0 fully saturated rings. The second-order valence-corrected chi connectivity index (χ2v) is 3.42. The van der Waals surface area contributed by atoms with E-state index >= 15 is 0 Å². The van der Waals surface area contributed by atoms with Crippen molar-refractivity contribution in [2.75, 3.05) is 0 Å². The molecule has 0 aliphatic heterocycles. The van der Waals surface area contributed by atoms with Gasteiger partial charge in [-0.1, -0.05) is 26.0 Å². The summed E-state index contributed by atoms with van der Waals surface area (Å²) in [4.78, 5) is 20.8. The lowest BCUT2D eigenvalue weighted by Crippen LogP contribution is -2.09. The number of carbonyl (C=O) groups is 2. The molecule has 0 rings (SSSR count). The number of carboxylic acid groups (broad SMARTS) is 2. The number of rotatable bonds is 6. The number of allylic oxidation sites excluding steroid dienone is 2. The van der Waals surface area contributed by atoms with Crippen LogP contribution in [0.25, 0.3) is 0 Å². The Balaban J connectivity index is 3.74. The standard InChI is InChI=1S/C10H16O4/c1-7(9(11)12)5-3-4-6-8(2)10(13)14/h3-4,7-8H,5-6H2,1-2H3,(H,11,12)(H,13,14)/b4-3+. The second kappa shape index (κ2) is 6.18. The zero-order chi connectivity index (χ0) is 11.1. The molecule has 0 aromatic rings. The molecule has 0 amide bonds. The Morgan fingerprint density at radius 1 is 1.00 bits per heavy atom. The summed E-state index contributed by atoms with van der Waals surface area (Å²) in [6, 6.07) is 0. The first-order valence-electron chi connectivity index (χ1n) is 4.55. The van der Waals surface area contributed by atoms with E-state index in [1.807, 2.05) is 0 Å². The van der Waals surface area contributed by atoms with E-state index in [0.29, 0.717) is 12.8 Å². The Kier molecular flexibility index (Phi) is 5.60. The molecule has 4 nitrogen and oxygen atoms in total. The first kappa shape index (κ1) is 12.7. The van der Waals surface area contributed by atoms with Crippen LogP contribution in [0.3, 0.4) is 0 Å². The molecule has 0 spiro atoms. The van der Waals surface area contributed by atoms with Gasteiger partial charge in [0.05, 0.1) is 11.8 Å². The lowest BCUT2D eigenvalue weighted by atomic mass is 10.1. The van der Waals surface area contributed by atoms with Crippen molar-refractivity contribution in [3.63, 3.8) is 0 Å². The Morgan fingerprint density at radius 3 is 1.50 bits per heavy atom. The normalized spacial score (nSPS) is 15.3. The maximum atomic E-state index is 10.4. The fourth-order valence-electron chi connectivity index (χ4n) is 0.802. The average molecular weight is 200 g/mol. The molecule has 0 aromatic carbocycles. The van der Waals surface area contributed by atoms with Gasteiger partial charge < -0.3 is 10.2 Å². The Labute approximate surface area is 83.2 Å². The third-order valence-electron chi connectivity index (χ3n) is 1.99. The van der Waals surface area contributed by atoms with Crippen molar-refractivity contribution in [2.24, 2.45) is 11.8 Å². The summed E-state index contributed by atoms with van der Waals surface area (Å²) in [6.07, 6.45) is 4.33. The van der Waals surface area contributed by atoms with Gasteiger partial charge in [0.15, 0.2) is 0 Å². The second-order valence-electron chi connectivity index (χ2n) is 3.42. The third-order valence-corrected chi connectivity index (χ3v) is 1.99. The summed E-state index contributed by atoms with van der Waals surface area (Å²) < 4.78 is 0. The van der Waals surface area contributed by atoms with Crippen LogP contribution in [0.2, 0.25) is 0 Å². The molecule has 0 radical (unpaired) electrons. The molecule has 0 aliphatic rings. The van der Waals surface area contributed by atoms with E-state index in [1.54, 1.807) is 26.0 Å². The van der Waals surface area contributed by atoms with Crippen molar-refractivity contribution < 1.29 is 19.8 Å². The van der Waals surface area contributed by atoms with Gasteiger partial charge in [0.1, 0.15) is 0 Å². The Hall–Kier alpha value is -1.32. The minimum Gasteiger partial charge on any atom is -0.481 e. The highest BCUT2D eigenvalue weighted by Crippen LogP contribution is 2.06. The predicted octanol–water partition coefficient (Wildman–Crippen LogP) is 1.76. The molecule has 14 heavy (non-hydrogen) atoms. The smallest absolute Gasteiger partial charge is 0.306 e. The molecular formula is C10H16O4. The topological polar surface area (TPSA) is 74.6 Å². The molecule has 4 heteroatoms. The van der Waals surface area contributed by atoms with E-state index in [0.717, 1.165) is 0 Å². The first-order chi connectivity index (χ1) is 6.45. The van der Waals surface area contributed by atoms with Gasteiger partial charge >= 0.3 is 11.9 Å². The third kappa shape index (κ3) is 5.35. The highest BCUT2D eigenvalue weighted by molar-refractivity contribution is 5.70. The van der Waals surface area contributed by atoms with E-state index in [1.165, 1.54) is 0 Å². The van der Waals surface area contributed by atoms with Crippen molar-refractivity contribution in [3.8, 4) is 0 Å². The fraction of sp³-hybridized carbons (Fsp3) is 0.600. The van der Waals surface area contributed by atoms with Gasteiger partial charge in [-0.3, -0.25) is 9.59 Å². The summed E-state index contributed by atoms with van der Waals surface area (Å²) in [6.45, 7) is 3.24. The van der Waals surface area contributed by atoms with Crippen molar-refractivity contribution in [3.05, 3.63) is 12.2 Å². The van der Waals surface area contributed by atoms with Gasteiger partial charge in [0, 0.05) is 0 Å². The van der Waals surface area contributed by atoms with Crippen LogP contribution in [0, 0.1) is 11.8 Å². The van der Waals surface area contributed by atoms with Gasteiger partial charge in [0.25, 0.3) is 0 Å². The zero-order valence-corrected chi connectivity index (χ0v) is 8.43. The molecule has 2 atom stereocenters. The molecule has 0 aromatic heterocycles. The van der Waals surface area contributed by atoms with Crippen LogP contribution < -0.4 is 0 Å². The van der Waals surface area contributed by atoms with Crippen LogP contribution in [0.1, 0.15) is 26.7 Å². The van der Waals surface area contributed by atoms with Gasteiger partial charge in [-0.25, -0.2) is 0 Å². The van der Waals surface area contributed by atoms with Gasteiger partial charge in [-0.15, -0.1) is 0 Å². The van der Waals surface area contributed by atoms with E-state index in [9.17, 15) is 9.59 Å². The van der Waals surface area contributed by atoms with Crippen LogP contribution in [0.4, 0.5) is 0 Å². The summed E-state index contributed by atoms with van der Waals surface area (Å²) >= 11 is 0. The quantitative estimate of drug-likeness (QED) is 0.641. The summed E-state index contributed by atoms with van der Waals surface area (Å²) in [5.74, 6) is -2.49. The maximum Gasteiger partial charge on any atom is 0.306 e. The number of hydrogen-bond donors (Lipinski definition) is 2. The van der Waals surface area contributed by atoms with E-state index in [2.05, 4.69) is 0 Å². The average Bonchev–Trinajstić information content (AvgIpc) is 2.11. The van der Waals surface area contributed by atoms with Crippen molar-refractivity contribution in [1.29, 1.82) is 0 Å². The molecule has 2 unspecified atom stereocenters. The first-order valence-corrected chi connectivity index (χ1v) is 4.55. The lowest BCUT2D eigenvalue weighted by molar-refractivity contribution is -0.142. The highest BCUT2D eigenvalue weighted by atomic mass is 16.4. The molecule has 0 saturated carbocycles. The molecule has 0 saturated heterocycles. The fourth-order valence-corrected chi connectivity index (χ4v) is 0.802. The zero-order valence-electron chi connectivity index (χ0n) is 8.43. The minimum atomic E-state index is -0.832. The number of hydrogen-bond acceptors (Lipinski definition) is 2. The van der Waals surface area contributed by atoms with Crippen molar-refractivity contribution in [1.82, 2.24) is 0 Å². The van der Waals surface area contributed by atoms with Crippen LogP contribution in [0.15, 0.2) is 12.2 Å². The predicted molar refractivity (Wildman–Crippen MR) is 52.0 cm³/mol. The summed E-state index contributed by atoms with van der Waals surface area (Å²) in [7, 11) is 0. The van der Waals surface area contributed by atoms with Crippen LogP contribution in [-0.2, 0) is 9.59 Å². The van der Waals surface area contributed by atoms with Crippen LogP contribution >= 0.6 is 0 Å². The number of carboxylic acids is 2. The SMILES string of the molecule is CC(C/C=C/CC(C)C(=O)O)C(=O)O. The minimum absolute atomic E-state index is 0.411. The van der Waals surface area contributed by atoms with E-state index in [4.69, 9.17) is 10.2 Å². The van der Waals surface area contributed by atoms with Crippen LogP contribution in [0.5, 0.6) is 0 Å². The molecular weight excluding hydrogens is 184 g/mol. The Bertz CT molecular complexity index is 208. The van der Waals surface area contributed by atoms with E-state index in [-0.39, 0.29) is 0 Å². The van der Waals surface area contributed by atoms with Gasteiger partial charge in [-0.2, -0.15) is 0 Å². The summed E-state index contributed by atoms with van der Waals surface area (Å²) in [5, 5.41) is 17.1. The Morgan fingerprint density at radius 2 is 1.29 bits per heavy atom. The van der Waals surface area contributed by atoms with Crippen molar-refractivity contribution in [2.45, 2.75) is 26.7 Å². The highest BCUT2D eigenvalue weighted by Gasteiger charge is 2.09. The molecule has 2 N–H and O–H groups in total. The van der Waals surface area contributed by atoms with Gasteiger partial charge in [0.2, 0.25) is 0 Å². The largest absolute Gasteiger partial charge is 0.481 e.